The highest BCUT2D eigenvalue weighted by atomic mass is 16.5. The van der Waals surface area contributed by atoms with Crippen LogP contribution < -0.4 is 5.73 Å². The lowest BCUT2D eigenvalue weighted by atomic mass is 9.86. The van der Waals surface area contributed by atoms with E-state index in [9.17, 15) is 0 Å². The number of aromatic nitrogens is 2. The van der Waals surface area contributed by atoms with Crippen molar-refractivity contribution in [1.82, 2.24) is 9.78 Å². The van der Waals surface area contributed by atoms with Crippen LogP contribution in [-0.2, 0) is 24.1 Å². The van der Waals surface area contributed by atoms with Crippen molar-refractivity contribution in [2.75, 3.05) is 13.2 Å². The van der Waals surface area contributed by atoms with Crippen molar-refractivity contribution in [2.45, 2.75) is 51.6 Å². The Morgan fingerprint density at radius 1 is 1.41 bits per heavy atom. The van der Waals surface area contributed by atoms with Gasteiger partial charge in [0.05, 0.1) is 5.69 Å². The molecular weight excluding hydrogens is 214 g/mol. The molecule has 1 aromatic heterocycles. The molecule has 1 aromatic rings. The number of rotatable bonds is 4. The highest BCUT2D eigenvalue weighted by Crippen LogP contribution is 2.23. The van der Waals surface area contributed by atoms with Crippen LogP contribution in [0.2, 0.25) is 0 Å². The summed E-state index contributed by atoms with van der Waals surface area (Å²) in [5.41, 5.74) is 8.78. The van der Waals surface area contributed by atoms with E-state index in [2.05, 4.69) is 29.7 Å². The van der Waals surface area contributed by atoms with E-state index in [0.29, 0.717) is 0 Å². The van der Waals surface area contributed by atoms with Gasteiger partial charge in [-0.2, -0.15) is 5.10 Å². The van der Waals surface area contributed by atoms with Crippen molar-refractivity contribution < 1.29 is 4.74 Å². The summed E-state index contributed by atoms with van der Waals surface area (Å²) in [7, 11) is 0. The molecule has 0 aliphatic carbocycles. The maximum atomic E-state index is 6.44. The molecule has 4 heteroatoms. The minimum atomic E-state index is -0.101. The Kier molecular flexibility index (Phi) is 3.84. The summed E-state index contributed by atoms with van der Waals surface area (Å²) in [5.74, 6) is 0. The minimum Gasteiger partial charge on any atom is -0.381 e. The largest absolute Gasteiger partial charge is 0.381 e. The van der Waals surface area contributed by atoms with Crippen LogP contribution in [0.4, 0.5) is 0 Å². The summed E-state index contributed by atoms with van der Waals surface area (Å²) in [4.78, 5) is 0. The lowest BCUT2D eigenvalue weighted by molar-refractivity contribution is 0.0527. The second kappa shape index (κ2) is 5.19. The zero-order chi connectivity index (χ0) is 12.3. The Balaban J connectivity index is 2.13. The quantitative estimate of drug-likeness (QED) is 0.863. The maximum Gasteiger partial charge on any atom is 0.0624 e. The summed E-state index contributed by atoms with van der Waals surface area (Å²) < 4.78 is 7.47. The smallest absolute Gasteiger partial charge is 0.0624 e. The van der Waals surface area contributed by atoms with Crippen molar-refractivity contribution >= 4 is 0 Å². The van der Waals surface area contributed by atoms with E-state index in [1.807, 2.05) is 0 Å². The van der Waals surface area contributed by atoms with Crippen LogP contribution in [-0.4, -0.2) is 28.5 Å². The van der Waals surface area contributed by atoms with E-state index in [1.165, 1.54) is 5.69 Å². The molecule has 0 radical (unpaired) electrons. The van der Waals surface area contributed by atoms with Gasteiger partial charge in [0, 0.05) is 37.4 Å². The van der Waals surface area contributed by atoms with Crippen LogP contribution in [0.25, 0.3) is 0 Å². The molecule has 2 N–H and O–H groups in total. The molecule has 4 nitrogen and oxygen atoms in total. The molecule has 0 spiro atoms. The standard InChI is InChI=1S/C13H23N3O/c1-3-11-9-12(16(4-2)15-11)10-13(14)5-7-17-8-6-13/h9H,3-8,10,14H2,1-2H3. The second-order valence-corrected chi connectivity index (χ2v) is 4.95. The van der Waals surface area contributed by atoms with Crippen molar-refractivity contribution in [3.63, 3.8) is 0 Å². The number of hydrogen-bond acceptors (Lipinski definition) is 3. The van der Waals surface area contributed by atoms with Gasteiger partial charge in [-0.1, -0.05) is 6.92 Å². The van der Waals surface area contributed by atoms with E-state index >= 15 is 0 Å². The lowest BCUT2D eigenvalue weighted by Crippen LogP contribution is -2.47. The average molecular weight is 237 g/mol. The van der Waals surface area contributed by atoms with Crippen molar-refractivity contribution in [3.8, 4) is 0 Å². The van der Waals surface area contributed by atoms with Crippen LogP contribution in [0, 0.1) is 0 Å². The molecule has 1 fully saturated rings. The SMILES string of the molecule is CCc1cc(CC2(N)CCOCC2)n(CC)n1. The van der Waals surface area contributed by atoms with Gasteiger partial charge in [-0.15, -0.1) is 0 Å². The first kappa shape index (κ1) is 12.6. The Labute approximate surface area is 103 Å². The normalized spacial score (nSPS) is 19.5. The van der Waals surface area contributed by atoms with Gasteiger partial charge >= 0.3 is 0 Å². The number of hydrogen-bond donors (Lipinski definition) is 1. The predicted octanol–water partition coefficient (Wildman–Crippen LogP) is 1.52. The fourth-order valence-corrected chi connectivity index (χ4v) is 2.42. The summed E-state index contributed by atoms with van der Waals surface area (Å²) in [6.07, 6.45) is 3.80. The van der Waals surface area contributed by atoms with Gasteiger partial charge in [-0.05, 0) is 32.3 Å². The number of ether oxygens (including phenoxy) is 1. The number of nitrogens with zero attached hydrogens (tertiary/aromatic N) is 2. The minimum absolute atomic E-state index is 0.101. The van der Waals surface area contributed by atoms with Crippen molar-refractivity contribution in [3.05, 3.63) is 17.5 Å². The fourth-order valence-electron chi connectivity index (χ4n) is 2.42. The number of aryl methyl sites for hydroxylation is 2. The van der Waals surface area contributed by atoms with Crippen LogP contribution >= 0.6 is 0 Å². The fraction of sp³-hybridized carbons (Fsp3) is 0.769. The molecule has 96 valence electrons. The lowest BCUT2D eigenvalue weighted by Gasteiger charge is -2.33. The monoisotopic (exact) mass is 237 g/mol. The first-order valence-corrected chi connectivity index (χ1v) is 6.59. The molecule has 0 bridgehead atoms. The third-order valence-electron chi connectivity index (χ3n) is 3.60. The summed E-state index contributed by atoms with van der Waals surface area (Å²) in [5, 5.41) is 4.57. The van der Waals surface area contributed by atoms with E-state index in [1.54, 1.807) is 0 Å². The summed E-state index contributed by atoms with van der Waals surface area (Å²) >= 11 is 0. The maximum absolute atomic E-state index is 6.44. The first-order chi connectivity index (χ1) is 8.17. The molecular formula is C13H23N3O. The Morgan fingerprint density at radius 3 is 2.71 bits per heavy atom. The molecule has 0 atom stereocenters. The highest BCUT2D eigenvalue weighted by Gasteiger charge is 2.29. The molecule has 0 unspecified atom stereocenters. The van der Waals surface area contributed by atoms with Crippen LogP contribution in [0.3, 0.4) is 0 Å². The number of nitrogens with two attached hydrogens (primary N) is 1. The molecule has 0 amide bonds. The van der Waals surface area contributed by atoms with Gasteiger partial charge in [0.15, 0.2) is 0 Å². The van der Waals surface area contributed by atoms with Crippen LogP contribution in [0.5, 0.6) is 0 Å². The van der Waals surface area contributed by atoms with E-state index < -0.39 is 0 Å². The Morgan fingerprint density at radius 2 is 2.12 bits per heavy atom. The van der Waals surface area contributed by atoms with Crippen molar-refractivity contribution in [2.24, 2.45) is 5.73 Å². The predicted molar refractivity (Wildman–Crippen MR) is 68.0 cm³/mol. The van der Waals surface area contributed by atoms with Gasteiger partial charge in [0.2, 0.25) is 0 Å². The molecule has 2 rings (SSSR count). The van der Waals surface area contributed by atoms with Gasteiger partial charge in [-0.3, -0.25) is 4.68 Å². The van der Waals surface area contributed by atoms with E-state index in [-0.39, 0.29) is 5.54 Å². The second-order valence-electron chi connectivity index (χ2n) is 4.95. The molecule has 1 saturated heterocycles. The highest BCUT2D eigenvalue weighted by molar-refractivity contribution is 5.14. The van der Waals surface area contributed by atoms with E-state index in [0.717, 1.165) is 51.1 Å². The average Bonchev–Trinajstić information content (AvgIpc) is 2.71. The molecule has 2 heterocycles. The molecule has 0 aromatic carbocycles. The van der Waals surface area contributed by atoms with Gasteiger partial charge in [0.1, 0.15) is 0 Å². The van der Waals surface area contributed by atoms with Gasteiger partial charge in [-0.25, -0.2) is 0 Å². The molecule has 17 heavy (non-hydrogen) atoms. The van der Waals surface area contributed by atoms with E-state index in [4.69, 9.17) is 10.5 Å². The Bertz CT molecular complexity index is 367. The molecule has 1 aliphatic heterocycles. The van der Waals surface area contributed by atoms with Crippen LogP contribution in [0.15, 0.2) is 6.07 Å². The summed E-state index contributed by atoms with van der Waals surface area (Å²) in [6.45, 7) is 6.76. The van der Waals surface area contributed by atoms with Crippen molar-refractivity contribution in [1.29, 1.82) is 0 Å². The van der Waals surface area contributed by atoms with Gasteiger partial charge < -0.3 is 10.5 Å². The first-order valence-electron chi connectivity index (χ1n) is 6.59. The van der Waals surface area contributed by atoms with Gasteiger partial charge in [0.25, 0.3) is 0 Å². The zero-order valence-corrected chi connectivity index (χ0v) is 10.9. The van der Waals surface area contributed by atoms with Crippen LogP contribution in [0.1, 0.15) is 38.1 Å². The molecule has 1 aliphatic rings. The zero-order valence-electron chi connectivity index (χ0n) is 10.9. The summed E-state index contributed by atoms with van der Waals surface area (Å²) in [6, 6.07) is 2.20. The Hall–Kier alpha value is -0.870. The third-order valence-corrected chi connectivity index (χ3v) is 3.60. The third kappa shape index (κ3) is 2.87. The molecule has 0 saturated carbocycles. The topological polar surface area (TPSA) is 53.1 Å².